The van der Waals surface area contributed by atoms with Crippen LogP contribution >= 0.6 is 11.8 Å². The maximum Gasteiger partial charge on any atom is 0.245 e. The molecule has 2 aromatic carbocycles. The second-order valence-electron chi connectivity index (χ2n) is 7.00. The number of halogens is 2. The highest BCUT2D eigenvalue weighted by Crippen LogP contribution is 2.37. The number of fused-ring (bicyclic) bond motifs is 1. The van der Waals surface area contributed by atoms with Crippen molar-refractivity contribution in [2.45, 2.75) is 23.5 Å². The molecule has 1 unspecified atom stereocenters. The number of aryl methyl sites for hydroxylation is 1. The summed E-state index contributed by atoms with van der Waals surface area (Å²) in [6.07, 6.45) is 0.404. The molecular weight excluding hydrogens is 414 g/mol. The molecule has 3 aromatic rings. The molecule has 29 heavy (non-hydrogen) atoms. The quantitative estimate of drug-likeness (QED) is 0.600. The van der Waals surface area contributed by atoms with E-state index < -0.39 is 21.7 Å². The number of pyridine rings is 1. The molecule has 0 spiro atoms. The van der Waals surface area contributed by atoms with Crippen molar-refractivity contribution in [1.29, 1.82) is 0 Å². The molecule has 1 aliphatic heterocycles. The third-order valence-electron chi connectivity index (χ3n) is 5.05. The van der Waals surface area contributed by atoms with Gasteiger partial charge >= 0.3 is 0 Å². The fraction of sp³-hybridized carbons (Fsp3) is 0.286. The summed E-state index contributed by atoms with van der Waals surface area (Å²) in [6.45, 7) is 2.37. The smallest absolute Gasteiger partial charge is 0.245 e. The molecule has 1 aliphatic rings. The van der Waals surface area contributed by atoms with Gasteiger partial charge in [0, 0.05) is 40.7 Å². The van der Waals surface area contributed by atoms with Crippen LogP contribution in [-0.2, 0) is 10.0 Å². The Morgan fingerprint density at radius 1 is 1.10 bits per heavy atom. The lowest BCUT2D eigenvalue weighted by molar-refractivity contribution is 0.427. The van der Waals surface area contributed by atoms with E-state index in [1.807, 2.05) is 25.1 Å². The van der Waals surface area contributed by atoms with E-state index >= 15 is 0 Å². The van der Waals surface area contributed by atoms with Gasteiger partial charge in [-0.3, -0.25) is 4.98 Å². The summed E-state index contributed by atoms with van der Waals surface area (Å²) >= 11 is 1.45. The Hall–Kier alpha value is -2.03. The number of sulfonamides is 1. The summed E-state index contributed by atoms with van der Waals surface area (Å²) in [6, 6.07) is 12.2. The first kappa shape index (κ1) is 20.3. The highest BCUT2D eigenvalue weighted by Gasteiger charge is 2.30. The van der Waals surface area contributed by atoms with Crippen LogP contribution in [0.15, 0.2) is 53.4 Å². The van der Waals surface area contributed by atoms with Crippen LogP contribution in [0.2, 0.25) is 0 Å². The Morgan fingerprint density at radius 2 is 1.93 bits per heavy atom. The van der Waals surface area contributed by atoms with Gasteiger partial charge in [0.2, 0.25) is 10.0 Å². The Labute approximate surface area is 173 Å². The van der Waals surface area contributed by atoms with Crippen molar-refractivity contribution in [3.63, 3.8) is 0 Å². The highest BCUT2D eigenvalue weighted by atomic mass is 32.2. The SMILES string of the molecule is Cc1ccc2cccc(S(=O)(=O)N3CCSC(c4cc(F)ccc4F)CC3)c2n1. The van der Waals surface area contributed by atoms with Crippen LogP contribution in [0.1, 0.15) is 22.9 Å². The number of hydrogen-bond acceptors (Lipinski definition) is 4. The van der Waals surface area contributed by atoms with Gasteiger partial charge in [0.15, 0.2) is 0 Å². The van der Waals surface area contributed by atoms with E-state index in [1.165, 1.54) is 22.1 Å². The van der Waals surface area contributed by atoms with Crippen LogP contribution in [0.3, 0.4) is 0 Å². The summed E-state index contributed by atoms with van der Waals surface area (Å²) in [5.41, 5.74) is 1.49. The van der Waals surface area contributed by atoms with Gasteiger partial charge in [-0.2, -0.15) is 16.1 Å². The molecule has 0 aliphatic carbocycles. The van der Waals surface area contributed by atoms with Crippen molar-refractivity contribution < 1.29 is 17.2 Å². The van der Waals surface area contributed by atoms with Gasteiger partial charge in [0.1, 0.15) is 16.5 Å². The zero-order valence-corrected chi connectivity index (χ0v) is 17.4. The molecule has 2 heterocycles. The van der Waals surface area contributed by atoms with Crippen molar-refractivity contribution >= 4 is 32.7 Å². The molecule has 4 rings (SSSR count). The number of thioether (sulfide) groups is 1. The minimum Gasteiger partial charge on any atom is -0.252 e. The molecule has 0 bridgehead atoms. The Morgan fingerprint density at radius 3 is 2.76 bits per heavy atom. The molecule has 4 nitrogen and oxygen atoms in total. The number of nitrogens with zero attached hydrogens (tertiary/aromatic N) is 2. The van der Waals surface area contributed by atoms with E-state index in [2.05, 4.69) is 4.98 Å². The number of hydrogen-bond donors (Lipinski definition) is 0. The first-order chi connectivity index (χ1) is 13.9. The topological polar surface area (TPSA) is 50.3 Å². The largest absolute Gasteiger partial charge is 0.252 e. The van der Waals surface area contributed by atoms with Crippen LogP contribution in [0, 0.1) is 18.6 Å². The van der Waals surface area contributed by atoms with E-state index in [4.69, 9.17) is 0 Å². The van der Waals surface area contributed by atoms with E-state index in [0.717, 1.165) is 23.2 Å². The van der Waals surface area contributed by atoms with E-state index in [-0.39, 0.29) is 22.3 Å². The van der Waals surface area contributed by atoms with Crippen LogP contribution in [-0.4, -0.2) is 36.5 Å². The second-order valence-corrected chi connectivity index (χ2v) is 10.2. The molecule has 1 atom stereocenters. The lowest BCUT2D eigenvalue weighted by atomic mass is 10.1. The van der Waals surface area contributed by atoms with Gasteiger partial charge in [0.05, 0.1) is 5.52 Å². The third kappa shape index (κ3) is 4.01. The maximum absolute atomic E-state index is 14.2. The minimum atomic E-state index is -3.76. The zero-order valence-electron chi connectivity index (χ0n) is 15.8. The molecule has 8 heteroatoms. The molecule has 0 radical (unpaired) electrons. The molecule has 1 aromatic heterocycles. The molecule has 1 saturated heterocycles. The predicted octanol–water partition coefficient (Wildman–Crippen LogP) is 4.69. The van der Waals surface area contributed by atoms with Crippen LogP contribution < -0.4 is 0 Å². The summed E-state index contributed by atoms with van der Waals surface area (Å²) in [7, 11) is -3.76. The molecule has 0 amide bonds. The molecule has 152 valence electrons. The lowest BCUT2D eigenvalue weighted by Gasteiger charge is -2.21. The number of para-hydroxylation sites is 1. The van der Waals surface area contributed by atoms with Gasteiger partial charge < -0.3 is 0 Å². The van der Waals surface area contributed by atoms with Crippen LogP contribution in [0.25, 0.3) is 10.9 Å². The second kappa shape index (κ2) is 8.01. The number of rotatable bonds is 3. The average Bonchev–Trinajstić information content (AvgIpc) is 2.96. The molecular formula is C21H20F2N2O2S2. The van der Waals surface area contributed by atoms with Crippen molar-refractivity contribution in [1.82, 2.24) is 9.29 Å². The molecule has 0 N–H and O–H groups in total. The first-order valence-corrected chi connectivity index (χ1v) is 11.8. The third-order valence-corrected chi connectivity index (χ3v) is 8.29. The monoisotopic (exact) mass is 434 g/mol. The molecule has 1 fully saturated rings. The summed E-state index contributed by atoms with van der Waals surface area (Å²) in [5.74, 6) is -0.460. The van der Waals surface area contributed by atoms with Crippen LogP contribution in [0.5, 0.6) is 0 Å². The van der Waals surface area contributed by atoms with Gasteiger partial charge in [-0.15, -0.1) is 0 Å². The van der Waals surface area contributed by atoms with Crippen molar-refractivity contribution in [2.75, 3.05) is 18.8 Å². The fourth-order valence-corrected chi connectivity index (χ4v) is 6.54. The summed E-state index contributed by atoms with van der Waals surface area (Å²) in [5, 5.41) is 0.472. The van der Waals surface area contributed by atoms with E-state index in [0.29, 0.717) is 24.2 Å². The summed E-state index contributed by atoms with van der Waals surface area (Å²) < 4.78 is 55.9. The van der Waals surface area contributed by atoms with Gasteiger partial charge in [-0.1, -0.05) is 18.2 Å². The van der Waals surface area contributed by atoms with Gasteiger partial charge in [-0.05, 0) is 43.7 Å². The van der Waals surface area contributed by atoms with E-state index in [9.17, 15) is 17.2 Å². The average molecular weight is 435 g/mol. The minimum absolute atomic E-state index is 0.180. The first-order valence-electron chi connectivity index (χ1n) is 9.29. The Bertz CT molecular complexity index is 1170. The van der Waals surface area contributed by atoms with E-state index in [1.54, 1.807) is 12.1 Å². The Kier molecular flexibility index (Phi) is 5.59. The van der Waals surface area contributed by atoms with Crippen molar-refractivity contribution in [2.24, 2.45) is 0 Å². The maximum atomic E-state index is 14.2. The van der Waals surface area contributed by atoms with Gasteiger partial charge in [-0.25, -0.2) is 17.2 Å². The summed E-state index contributed by atoms with van der Waals surface area (Å²) in [4.78, 5) is 4.62. The Balaban J connectivity index is 1.64. The van der Waals surface area contributed by atoms with Crippen LogP contribution in [0.4, 0.5) is 8.78 Å². The zero-order chi connectivity index (χ0) is 20.6. The fourth-order valence-electron chi connectivity index (χ4n) is 3.56. The van der Waals surface area contributed by atoms with Crippen molar-refractivity contribution in [3.8, 4) is 0 Å². The lowest BCUT2D eigenvalue weighted by Crippen LogP contribution is -2.33. The van der Waals surface area contributed by atoms with Gasteiger partial charge in [0.25, 0.3) is 0 Å². The standard InChI is InChI=1S/C21H20F2N2O2S2/c1-14-5-6-15-3-2-4-20(21(15)24-14)29(26,27)25-10-9-19(28-12-11-25)17-13-16(22)7-8-18(17)23/h2-8,13,19H,9-12H2,1H3. The normalized spacial score (nSPS) is 18.7. The predicted molar refractivity (Wildman–Crippen MR) is 111 cm³/mol. The van der Waals surface area contributed by atoms with Crippen molar-refractivity contribution in [3.05, 3.63) is 71.4 Å². The number of aromatic nitrogens is 1. The molecule has 0 saturated carbocycles. The number of benzene rings is 2. The highest BCUT2D eigenvalue weighted by molar-refractivity contribution is 7.99.